The van der Waals surface area contributed by atoms with Gasteiger partial charge in [-0.25, -0.2) is 4.98 Å². The van der Waals surface area contributed by atoms with E-state index in [9.17, 15) is 0 Å². The second-order valence-corrected chi connectivity index (χ2v) is 6.96. The van der Waals surface area contributed by atoms with Crippen LogP contribution in [0.3, 0.4) is 0 Å². The van der Waals surface area contributed by atoms with Crippen molar-refractivity contribution in [3.05, 3.63) is 23.4 Å². The average molecular weight is 271 g/mol. The first-order valence-corrected chi connectivity index (χ1v) is 8.25. The smallest absolute Gasteiger partial charge is 0.129 e. The van der Waals surface area contributed by atoms with Crippen molar-refractivity contribution in [3.63, 3.8) is 0 Å². The topological polar surface area (TPSA) is 28.2 Å². The van der Waals surface area contributed by atoms with Gasteiger partial charge in [0.15, 0.2) is 0 Å². The van der Waals surface area contributed by atoms with Crippen LogP contribution >= 0.6 is 0 Å². The molecule has 0 aliphatic heterocycles. The molecule has 4 rings (SSSR count). The summed E-state index contributed by atoms with van der Waals surface area (Å²) in [5.74, 6) is 2.16. The summed E-state index contributed by atoms with van der Waals surface area (Å²) >= 11 is 0. The first-order chi connectivity index (χ1) is 9.78. The summed E-state index contributed by atoms with van der Waals surface area (Å²) in [5, 5.41) is 3.62. The summed E-state index contributed by atoms with van der Waals surface area (Å²) < 4.78 is 0. The Morgan fingerprint density at radius 1 is 1.15 bits per heavy atom. The van der Waals surface area contributed by atoms with Gasteiger partial charge in [-0.1, -0.05) is 0 Å². The Labute approximate surface area is 121 Å². The molecule has 3 nitrogen and oxygen atoms in total. The van der Waals surface area contributed by atoms with E-state index in [-0.39, 0.29) is 0 Å². The summed E-state index contributed by atoms with van der Waals surface area (Å²) in [7, 11) is 0. The number of aryl methyl sites for hydroxylation is 1. The Balaban J connectivity index is 1.51. The van der Waals surface area contributed by atoms with E-state index in [0.717, 1.165) is 30.2 Å². The fourth-order valence-electron chi connectivity index (χ4n) is 2.91. The molecule has 0 spiro atoms. The molecule has 0 unspecified atom stereocenters. The predicted molar refractivity (Wildman–Crippen MR) is 81.9 cm³/mol. The maximum Gasteiger partial charge on any atom is 0.129 e. The van der Waals surface area contributed by atoms with Crippen LogP contribution in [-0.4, -0.2) is 23.6 Å². The lowest BCUT2D eigenvalue weighted by molar-refractivity contribution is 0.680. The van der Waals surface area contributed by atoms with Crippen molar-refractivity contribution in [1.82, 2.24) is 10.3 Å². The third-order valence-corrected chi connectivity index (χ3v) is 4.61. The van der Waals surface area contributed by atoms with Crippen LogP contribution < -0.4 is 10.2 Å². The van der Waals surface area contributed by atoms with Crippen LogP contribution in [0.15, 0.2) is 12.1 Å². The first-order valence-electron chi connectivity index (χ1n) is 8.25. The summed E-state index contributed by atoms with van der Waals surface area (Å²) in [5.41, 5.74) is 2.57. The number of hydrogen-bond acceptors (Lipinski definition) is 3. The second kappa shape index (κ2) is 5.03. The number of rotatable bonds is 7. The monoisotopic (exact) mass is 271 g/mol. The minimum atomic E-state index is 0.772. The fourth-order valence-corrected chi connectivity index (χ4v) is 2.91. The first kappa shape index (κ1) is 12.6. The van der Waals surface area contributed by atoms with Gasteiger partial charge in [0.1, 0.15) is 5.82 Å². The normalized spacial score (nSPS) is 22.1. The summed E-state index contributed by atoms with van der Waals surface area (Å²) in [6.07, 6.45) is 8.27. The van der Waals surface area contributed by atoms with E-state index in [1.54, 1.807) is 0 Å². The average Bonchev–Trinajstić information content (AvgIpc) is 3.26. The molecule has 1 aromatic rings. The summed E-state index contributed by atoms with van der Waals surface area (Å²) in [4.78, 5) is 7.41. The molecule has 0 amide bonds. The Kier molecular flexibility index (Phi) is 3.18. The molecule has 0 radical (unpaired) electrons. The van der Waals surface area contributed by atoms with E-state index < -0.39 is 0 Å². The van der Waals surface area contributed by atoms with E-state index in [0.29, 0.717) is 0 Å². The highest BCUT2D eigenvalue weighted by atomic mass is 15.2. The number of nitrogens with zero attached hydrogens (tertiary/aromatic N) is 2. The molecule has 108 valence electrons. The highest BCUT2D eigenvalue weighted by molar-refractivity contribution is 5.45. The van der Waals surface area contributed by atoms with E-state index in [2.05, 4.69) is 29.3 Å². The lowest BCUT2D eigenvalue weighted by Crippen LogP contribution is -2.29. The van der Waals surface area contributed by atoms with Gasteiger partial charge in [0.2, 0.25) is 0 Å². The zero-order chi connectivity index (χ0) is 13.5. The van der Waals surface area contributed by atoms with Crippen LogP contribution in [0.2, 0.25) is 0 Å². The molecule has 0 saturated heterocycles. The molecule has 0 bridgehead atoms. The van der Waals surface area contributed by atoms with E-state index in [1.165, 1.54) is 56.5 Å². The lowest BCUT2D eigenvalue weighted by Gasteiger charge is -2.24. The molecule has 3 saturated carbocycles. The molecule has 3 aliphatic carbocycles. The Hall–Kier alpha value is -1.09. The molecule has 3 fully saturated rings. The van der Waals surface area contributed by atoms with Gasteiger partial charge in [0, 0.05) is 30.9 Å². The quantitative estimate of drug-likeness (QED) is 0.826. The van der Waals surface area contributed by atoms with E-state index >= 15 is 0 Å². The summed E-state index contributed by atoms with van der Waals surface area (Å²) in [6.45, 7) is 4.37. The third-order valence-electron chi connectivity index (χ3n) is 4.61. The molecule has 3 aliphatic rings. The molecule has 0 atom stereocenters. The molecule has 0 aromatic carbocycles. The van der Waals surface area contributed by atoms with Crippen LogP contribution in [-0.2, 0) is 6.54 Å². The fraction of sp³-hybridized carbons (Fsp3) is 0.706. The van der Waals surface area contributed by atoms with Crippen LogP contribution in [0.4, 0.5) is 5.82 Å². The van der Waals surface area contributed by atoms with Crippen molar-refractivity contribution in [3.8, 4) is 0 Å². The van der Waals surface area contributed by atoms with Gasteiger partial charge in [-0.2, -0.15) is 0 Å². The number of anilines is 1. The van der Waals surface area contributed by atoms with Crippen molar-refractivity contribution < 1.29 is 0 Å². The molecule has 1 N–H and O–H groups in total. The van der Waals surface area contributed by atoms with Crippen molar-refractivity contribution in [2.24, 2.45) is 5.92 Å². The highest BCUT2D eigenvalue weighted by Crippen LogP contribution is 2.37. The van der Waals surface area contributed by atoms with Gasteiger partial charge in [-0.05, 0) is 69.1 Å². The molecule has 1 aromatic heterocycles. The van der Waals surface area contributed by atoms with Gasteiger partial charge < -0.3 is 10.2 Å². The number of nitrogens with one attached hydrogen (secondary N) is 1. The SMILES string of the molecule is Cc1cc(CNC2CC2)cc(N(CC2CC2)C2CC2)n1. The molecule has 3 heteroatoms. The van der Waals surface area contributed by atoms with Crippen LogP contribution in [0.25, 0.3) is 0 Å². The lowest BCUT2D eigenvalue weighted by atomic mass is 10.2. The van der Waals surface area contributed by atoms with E-state index in [4.69, 9.17) is 4.98 Å². The minimum Gasteiger partial charge on any atom is -0.353 e. The maximum atomic E-state index is 4.82. The van der Waals surface area contributed by atoms with Crippen LogP contribution in [0, 0.1) is 12.8 Å². The molecule has 1 heterocycles. The predicted octanol–water partition coefficient (Wildman–Crippen LogP) is 3.02. The number of aromatic nitrogens is 1. The Bertz CT molecular complexity index is 487. The van der Waals surface area contributed by atoms with Crippen molar-refractivity contribution >= 4 is 5.82 Å². The van der Waals surface area contributed by atoms with Crippen molar-refractivity contribution in [2.75, 3.05) is 11.4 Å². The molecular formula is C17H25N3. The number of hydrogen-bond donors (Lipinski definition) is 1. The van der Waals surface area contributed by atoms with Crippen molar-refractivity contribution in [2.45, 2.75) is 64.1 Å². The third kappa shape index (κ3) is 3.14. The van der Waals surface area contributed by atoms with E-state index in [1.807, 2.05) is 0 Å². The Morgan fingerprint density at radius 3 is 2.60 bits per heavy atom. The molecule has 20 heavy (non-hydrogen) atoms. The zero-order valence-electron chi connectivity index (χ0n) is 12.4. The zero-order valence-corrected chi connectivity index (χ0v) is 12.4. The Morgan fingerprint density at radius 2 is 1.95 bits per heavy atom. The van der Waals surface area contributed by atoms with Crippen molar-refractivity contribution in [1.29, 1.82) is 0 Å². The largest absolute Gasteiger partial charge is 0.353 e. The van der Waals surface area contributed by atoms with Gasteiger partial charge in [0.25, 0.3) is 0 Å². The maximum absolute atomic E-state index is 4.82. The van der Waals surface area contributed by atoms with Gasteiger partial charge >= 0.3 is 0 Å². The van der Waals surface area contributed by atoms with Gasteiger partial charge in [-0.3, -0.25) is 0 Å². The molecular weight excluding hydrogens is 246 g/mol. The minimum absolute atomic E-state index is 0.772. The van der Waals surface area contributed by atoms with Crippen LogP contribution in [0.1, 0.15) is 49.8 Å². The highest BCUT2D eigenvalue weighted by Gasteiger charge is 2.34. The second-order valence-electron chi connectivity index (χ2n) is 6.96. The van der Waals surface area contributed by atoms with Crippen LogP contribution in [0.5, 0.6) is 0 Å². The van der Waals surface area contributed by atoms with Gasteiger partial charge in [-0.15, -0.1) is 0 Å². The van der Waals surface area contributed by atoms with Gasteiger partial charge in [0.05, 0.1) is 0 Å². The standard InChI is InChI=1S/C17H25N3/c1-12-8-14(10-18-15-4-5-15)9-17(19-12)20(16-6-7-16)11-13-2-3-13/h8-9,13,15-16,18H,2-7,10-11H2,1H3. The summed E-state index contributed by atoms with van der Waals surface area (Å²) in [6, 6.07) is 6.11. The number of pyridine rings is 1.